The van der Waals surface area contributed by atoms with Crippen molar-refractivity contribution in [2.45, 2.75) is 0 Å². The highest BCUT2D eigenvalue weighted by Crippen LogP contribution is 2.10. The van der Waals surface area contributed by atoms with Crippen LogP contribution < -0.4 is 15.8 Å². The Bertz CT molecular complexity index is 651. The molecule has 2 rings (SSSR count). The number of nitrogens with one attached hydrogen (secondary N) is 3. The SMILES string of the molecule is CN(C)c1ccc(C(=O)NNC(=O)c2cc(Br)c[nH]2)cn1. The summed E-state index contributed by atoms with van der Waals surface area (Å²) in [6, 6.07) is 4.96. The second-order valence-corrected chi connectivity index (χ2v) is 5.35. The molecular weight excluding hydrogens is 338 g/mol. The van der Waals surface area contributed by atoms with Crippen LogP contribution in [0, 0.1) is 0 Å². The fraction of sp³-hybridized carbons (Fsp3) is 0.154. The zero-order valence-electron chi connectivity index (χ0n) is 11.5. The van der Waals surface area contributed by atoms with Crippen LogP contribution in [0.4, 0.5) is 5.82 Å². The molecule has 0 aliphatic carbocycles. The average molecular weight is 352 g/mol. The molecule has 0 spiro atoms. The second kappa shape index (κ2) is 6.40. The molecule has 0 aliphatic rings. The molecule has 7 nitrogen and oxygen atoms in total. The summed E-state index contributed by atoms with van der Waals surface area (Å²) in [5.74, 6) is -0.134. The Morgan fingerprint density at radius 1 is 1.24 bits per heavy atom. The first kappa shape index (κ1) is 15.0. The molecule has 0 fully saturated rings. The van der Waals surface area contributed by atoms with Gasteiger partial charge in [0.25, 0.3) is 11.8 Å². The lowest BCUT2D eigenvalue weighted by molar-refractivity contribution is 0.0844. The molecule has 2 aromatic rings. The van der Waals surface area contributed by atoms with Gasteiger partial charge in [-0.15, -0.1) is 0 Å². The fourth-order valence-corrected chi connectivity index (χ4v) is 1.88. The Morgan fingerprint density at radius 2 is 1.95 bits per heavy atom. The molecule has 3 N–H and O–H groups in total. The number of pyridine rings is 1. The predicted molar refractivity (Wildman–Crippen MR) is 82.0 cm³/mol. The topological polar surface area (TPSA) is 90.1 Å². The van der Waals surface area contributed by atoms with Gasteiger partial charge in [-0.2, -0.15) is 0 Å². The highest BCUT2D eigenvalue weighted by molar-refractivity contribution is 9.10. The van der Waals surface area contributed by atoms with Crippen molar-refractivity contribution >= 4 is 33.6 Å². The van der Waals surface area contributed by atoms with Crippen molar-refractivity contribution in [2.75, 3.05) is 19.0 Å². The molecule has 0 aliphatic heterocycles. The quantitative estimate of drug-likeness (QED) is 0.727. The van der Waals surface area contributed by atoms with Crippen LogP contribution in [0.5, 0.6) is 0 Å². The molecular formula is C13H14BrN5O2. The number of amides is 2. The Labute approximate surface area is 129 Å². The standard InChI is InChI=1S/C13H14BrN5O2/c1-19(2)11-4-3-8(6-16-11)12(20)17-18-13(21)10-5-9(14)7-15-10/h3-7,15H,1-2H3,(H,17,20)(H,18,21). The van der Waals surface area contributed by atoms with Crippen molar-refractivity contribution in [3.8, 4) is 0 Å². The largest absolute Gasteiger partial charge is 0.363 e. The summed E-state index contributed by atoms with van der Waals surface area (Å²) >= 11 is 3.22. The maximum Gasteiger partial charge on any atom is 0.286 e. The summed E-state index contributed by atoms with van der Waals surface area (Å²) in [6.07, 6.45) is 3.07. The van der Waals surface area contributed by atoms with Gasteiger partial charge in [0.15, 0.2) is 0 Å². The third-order valence-electron chi connectivity index (χ3n) is 2.65. The number of halogens is 1. The van der Waals surface area contributed by atoms with E-state index >= 15 is 0 Å². The van der Waals surface area contributed by atoms with Crippen molar-refractivity contribution in [1.82, 2.24) is 20.8 Å². The van der Waals surface area contributed by atoms with Crippen LogP contribution in [0.2, 0.25) is 0 Å². The first-order chi connectivity index (χ1) is 9.97. The van der Waals surface area contributed by atoms with E-state index in [1.165, 1.54) is 6.20 Å². The molecule has 21 heavy (non-hydrogen) atoms. The molecule has 0 bridgehead atoms. The summed E-state index contributed by atoms with van der Waals surface area (Å²) in [7, 11) is 3.72. The monoisotopic (exact) mass is 351 g/mol. The molecule has 0 radical (unpaired) electrons. The minimum atomic E-state index is -0.438. The van der Waals surface area contributed by atoms with Crippen LogP contribution in [0.1, 0.15) is 20.8 Å². The van der Waals surface area contributed by atoms with E-state index in [0.29, 0.717) is 11.3 Å². The van der Waals surface area contributed by atoms with E-state index in [0.717, 1.165) is 10.3 Å². The first-order valence-electron chi connectivity index (χ1n) is 6.05. The highest BCUT2D eigenvalue weighted by Gasteiger charge is 2.11. The number of anilines is 1. The number of aromatic amines is 1. The van der Waals surface area contributed by atoms with Crippen molar-refractivity contribution < 1.29 is 9.59 Å². The lowest BCUT2D eigenvalue weighted by atomic mass is 10.2. The zero-order chi connectivity index (χ0) is 15.4. The van der Waals surface area contributed by atoms with Gasteiger partial charge in [-0.25, -0.2) is 4.98 Å². The molecule has 2 heterocycles. The Hall–Kier alpha value is -2.35. The smallest absolute Gasteiger partial charge is 0.286 e. The third kappa shape index (κ3) is 3.82. The van der Waals surface area contributed by atoms with Gasteiger partial charge in [0, 0.05) is 31.0 Å². The number of hydrogen-bond donors (Lipinski definition) is 3. The molecule has 2 aromatic heterocycles. The van der Waals surface area contributed by atoms with Gasteiger partial charge in [0.2, 0.25) is 0 Å². The summed E-state index contributed by atoms with van der Waals surface area (Å²) in [5.41, 5.74) is 5.34. The molecule has 2 amide bonds. The minimum absolute atomic E-state index is 0.336. The number of aromatic nitrogens is 2. The zero-order valence-corrected chi connectivity index (χ0v) is 13.1. The summed E-state index contributed by atoms with van der Waals surface area (Å²) < 4.78 is 0.752. The minimum Gasteiger partial charge on any atom is -0.363 e. The lowest BCUT2D eigenvalue weighted by Crippen LogP contribution is -2.41. The molecule has 8 heteroatoms. The number of hydrogen-bond acceptors (Lipinski definition) is 4. The number of carbonyl (C=O) groups excluding carboxylic acids is 2. The van der Waals surface area contributed by atoms with Crippen LogP contribution in [-0.4, -0.2) is 35.9 Å². The van der Waals surface area contributed by atoms with Gasteiger partial charge in [-0.1, -0.05) is 0 Å². The number of rotatable bonds is 3. The summed E-state index contributed by atoms with van der Waals surface area (Å²) in [6.45, 7) is 0. The van der Waals surface area contributed by atoms with Gasteiger partial charge in [0.1, 0.15) is 11.5 Å². The van der Waals surface area contributed by atoms with Crippen LogP contribution in [-0.2, 0) is 0 Å². The molecule has 0 unspecified atom stereocenters. The Balaban J connectivity index is 1.94. The Morgan fingerprint density at radius 3 is 2.48 bits per heavy atom. The molecule has 0 atom stereocenters. The Kier molecular flexibility index (Phi) is 4.59. The average Bonchev–Trinajstić information content (AvgIpc) is 2.91. The fourth-order valence-electron chi connectivity index (χ4n) is 1.54. The van der Waals surface area contributed by atoms with E-state index in [-0.39, 0.29) is 0 Å². The van der Waals surface area contributed by atoms with Crippen molar-refractivity contribution in [1.29, 1.82) is 0 Å². The number of carbonyl (C=O) groups is 2. The van der Waals surface area contributed by atoms with E-state index in [1.54, 1.807) is 24.4 Å². The van der Waals surface area contributed by atoms with Crippen molar-refractivity contribution in [3.05, 3.63) is 46.3 Å². The van der Waals surface area contributed by atoms with E-state index in [1.807, 2.05) is 19.0 Å². The van der Waals surface area contributed by atoms with Crippen molar-refractivity contribution in [2.24, 2.45) is 0 Å². The predicted octanol–water partition coefficient (Wildman–Crippen LogP) is 1.31. The molecule has 0 saturated carbocycles. The van der Waals surface area contributed by atoms with Gasteiger partial charge in [0.05, 0.1) is 5.56 Å². The van der Waals surface area contributed by atoms with E-state index in [2.05, 4.69) is 36.7 Å². The van der Waals surface area contributed by atoms with Gasteiger partial charge in [-0.05, 0) is 34.1 Å². The van der Waals surface area contributed by atoms with Crippen LogP contribution in [0.15, 0.2) is 35.1 Å². The van der Waals surface area contributed by atoms with Crippen LogP contribution in [0.3, 0.4) is 0 Å². The van der Waals surface area contributed by atoms with Gasteiger partial charge in [-0.3, -0.25) is 20.4 Å². The molecule has 0 saturated heterocycles. The molecule has 0 aromatic carbocycles. The summed E-state index contributed by atoms with van der Waals surface area (Å²) in [4.78, 5) is 32.3. The third-order valence-corrected chi connectivity index (χ3v) is 3.11. The number of H-pyrrole nitrogens is 1. The van der Waals surface area contributed by atoms with Crippen LogP contribution in [0.25, 0.3) is 0 Å². The van der Waals surface area contributed by atoms with E-state index < -0.39 is 11.8 Å². The lowest BCUT2D eigenvalue weighted by Gasteiger charge is -2.11. The normalized spacial score (nSPS) is 10.0. The van der Waals surface area contributed by atoms with E-state index in [9.17, 15) is 9.59 Å². The van der Waals surface area contributed by atoms with E-state index in [4.69, 9.17) is 0 Å². The maximum atomic E-state index is 11.9. The van der Waals surface area contributed by atoms with Crippen molar-refractivity contribution in [3.63, 3.8) is 0 Å². The van der Waals surface area contributed by atoms with Gasteiger partial charge < -0.3 is 9.88 Å². The second-order valence-electron chi connectivity index (χ2n) is 4.44. The number of nitrogens with zero attached hydrogens (tertiary/aromatic N) is 2. The maximum absolute atomic E-state index is 11.9. The summed E-state index contributed by atoms with van der Waals surface area (Å²) in [5, 5.41) is 0. The van der Waals surface area contributed by atoms with Crippen LogP contribution >= 0.6 is 15.9 Å². The van der Waals surface area contributed by atoms with Gasteiger partial charge >= 0.3 is 0 Å². The first-order valence-corrected chi connectivity index (χ1v) is 6.84. The number of hydrazine groups is 1. The highest BCUT2D eigenvalue weighted by atomic mass is 79.9. The molecule has 110 valence electrons.